The molecule has 32 heavy (non-hydrogen) atoms. The number of fused-ring (bicyclic) bond motifs is 2. The Bertz CT molecular complexity index is 1330. The third-order valence-electron chi connectivity index (χ3n) is 5.14. The second-order valence-electron chi connectivity index (χ2n) is 8.03. The number of anilines is 1. The monoisotopic (exact) mass is 471 g/mol. The first-order valence-corrected chi connectivity index (χ1v) is 11.0. The number of halogens is 1. The van der Waals surface area contributed by atoms with Crippen LogP contribution in [0.4, 0.5) is 5.13 Å². The number of para-hydroxylation sites is 1. The number of hydrogen-bond acceptors (Lipinski definition) is 6. The van der Waals surface area contributed by atoms with Gasteiger partial charge in [-0.1, -0.05) is 35.6 Å². The van der Waals surface area contributed by atoms with E-state index >= 15 is 0 Å². The second-order valence-corrected chi connectivity index (χ2v) is 9.00. The van der Waals surface area contributed by atoms with Crippen LogP contribution in [0.2, 0.25) is 0 Å². The topological polar surface area (TPSA) is 66.7 Å². The zero-order valence-electron chi connectivity index (χ0n) is 18.5. The fraction of sp³-hybridized carbons (Fsp3) is 0.292. The molecule has 0 radical (unpaired) electrons. The largest absolute Gasteiger partial charge is 0.422 e. The van der Waals surface area contributed by atoms with Gasteiger partial charge in [0.2, 0.25) is 0 Å². The summed E-state index contributed by atoms with van der Waals surface area (Å²) in [6.07, 6.45) is 0.756. The molecule has 0 aliphatic heterocycles. The van der Waals surface area contributed by atoms with Crippen molar-refractivity contribution in [2.24, 2.45) is 0 Å². The van der Waals surface area contributed by atoms with E-state index in [0.717, 1.165) is 39.7 Å². The van der Waals surface area contributed by atoms with E-state index in [1.54, 1.807) is 23.1 Å². The van der Waals surface area contributed by atoms with Gasteiger partial charge in [-0.25, -0.2) is 9.78 Å². The summed E-state index contributed by atoms with van der Waals surface area (Å²) in [4.78, 5) is 34.6. The maximum absolute atomic E-state index is 13.5. The van der Waals surface area contributed by atoms with Crippen LogP contribution in [0.3, 0.4) is 0 Å². The third kappa shape index (κ3) is 4.85. The number of carbonyl (C=O) groups excluding carboxylic acids is 1. The van der Waals surface area contributed by atoms with Crippen LogP contribution in [0.25, 0.3) is 21.2 Å². The zero-order valence-corrected chi connectivity index (χ0v) is 20.2. The predicted molar refractivity (Wildman–Crippen MR) is 134 cm³/mol. The fourth-order valence-electron chi connectivity index (χ4n) is 3.67. The standard InChI is InChI=1S/C24H25N3O3S.ClH/c1-15-12-16(2)21-19(13-15)25-24(31-21)27(11-7-10-26(3)4)22(28)18-14-17-8-5-6-9-20(17)30-23(18)29;/h5-6,8-9,12-14H,7,10-11H2,1-4H3;1H. The van der Waals surface area contributed by atoms with Gasteiger partial charge in [0.05, 0.1) is 10.2 Å². The number of benzene rings is 2. The molecule has 1 amide bonds. The number of thiazole rings is 1. The minimum Gasteiger partial charge on any atom is -0.422 e. The normalized spacial score (nSPS) is 11.2. The van der Waals surface area contributed by atoms with Crippen LogP contribution in [-0.2, 0) is 0 Å². The number of amides is 1. The summed E-state index contributed by atoms with van der Waals surface area (Å²) in [5, 5.41) is 1.31. The van der Waals surface area contributed by atoms with Gasteiger partial charge in [0.1, 0.15) is 11.1 Å². The minimum atomic E-state index is -0.630. The van der Waals surface area contributed by atoms with Crippen molar-refractivity contribution in [2.75, 3.05) is 32.1 Å². The Kier molecular flexibility index (Phi) is 7.33. The van der Waals surface area contributed by atoms with Crippen molar-refractivity contribution in [3.63, 3.8) is 0 Å². The minimum absolute atomic E-state index is 0. The molecule has 2 aromatic heterocycles. The Balaban J connectivity index is 0.00000289. The maximum Gasteiger partial charge on any atom is 0.349 e. The van der Waals surface area contributed by atoms with Crippen molar-refractivity contribution < 1.29 is 9.21 Å². The van der Waals surface area contributed by atoms with Crippen molar-refractivity contribution in [1.82, 2.24) is 9.88 Å². The van der Waals surface area contributed by atoms with E-state index < -0.39 is 5.63 Å². The molecule has 4 aromatic rings. The molecule has 2 aromatic carbocycles. The van der Waals surface area contributed by atoms with Crippen LogP contribution in [0.1, 0.15) is 27.9 Å². The van der Waals surface area contributed by atoms with Crippen LogP contribution in [-0.4, -0.2) is 43.0 Å². The molecule has 0 saturated heterocycles. The smallest absolute Gasteiger partial charge is 0.349 e. The van der Waals surface area contributed by atoms with E-state index in [0.29, 0.717) is 17.3 Å². The molecule has 8 heteroatoms. The summed E-state index contributed by atoms with van der Waals surface area (Å²) in [5.41, 5.74) is 2.99. The Morgan fingerprint density at radius 2 is 1.84 bits per heavy atom. The summed E-state index contributed by atoms with van der Waals surface area (Å²) in [7, 11) is 3.99. The molecule has 2 heterocycles. The first-order chi connectivity index (χ1) is 14.8. The zero-order chi connectivity index (χ0) is 22.1. The maximum atomic E-state index is 13.5. The third-order valence-corrected chi connectivity index (χ3v) is 6.37. The summed E-state index contributed by atoms with van der Waals surface area (Å²) in [6, 6.07) is 12.9. The Morgan fingerprint density at radius 1 is 1.09 bits per heavy atom. The van der Waals surface area contributed by atoms with E-state index in [1.165, 1.54) is 11.3 Å². The number of aryl methyl sites for hydroxylation is 2. The van der Waals surface area contributed by atoms with Crippen molar-refractivity contribution in [3.05, 3.63) is 69.6 Å². The molecule has 0 bridgehead atoms. The molecule has 0 aliphatic carbocycles. The summed E-state index contributed by atoms with van der Waals surface area (Å²) < 4.78 is 6.46. The van der Waals surface area contributed by atoms with Crippen LogP contribution in [0, 0.1) is 13.8 Å². The molecule has 168 valence electrons. The first-order valence-electron chi connectivity index (χ1n) is 10.2. The van der Waals surface area contributed by atoms with Gasteiger partial charge in [0.15, 0.2) is 5.13 Å². The van der Waals surface area contributed by atoms with Crippen molar-refractivity contribution in [2.45, 2.75) is 20.3 Å². The highest BCUT2D eigenvalue weighted by molar-refractivity contribution is 7.22. The van der Waals surface area contributed by atoms with Crippen LogP contribution < -0.4 is 10.5 Å². The molecule has 0 saturated carbocycles. The van der Waals surface area contributed by atoms with Crippen LogP contribution in [0.5, 0.6) is 0 Å². The lowest BCUT2D eigenvalue weighted by Gasteiger charge is -2.20. The predicted octanol–water partition coefficient (Wildman–Crippen LogP) is 5.04. The number of hydrogen-bond donors (Lipinski definition) is 0. The van der Waals surface area contributed by atoms with E-state index in [4.69, 9.17) is 9.40 Å². The summed E-state index contributed by atoms with van der Waals surface area (Å²) in [6.45, 7) is 5.36. The van der Waals surface area contributed by atoms with Gasteiger partial charge in [-0.2, -0.15) is 0 Å². The number of nitrogens with zero attached hydrogens (tertiary/aromatic N) is 3. The lowest BCUT2D eigenvalue weighted by atomic mass is 10.1. The Labute approximate surface area is 196 Å². The number of rotatable bonds is 6. The summed E-state index contributed by atoms with van der Waals surface area (Å²) in [5.74, 6) is -0.383. The van der Waals surface area contributed by atoms with Gasteiger partial charge in [-0.15, -0.1) is 12.4 Å². The molecule has 0 spiro atoms. The van der Waals surface area contributed by atoms with E-state index in [1.807, 2.05) is 46.1 Å². The van der Waals surface area contributed by atoms with Gasteiger partial charge in [-0.3, -0.25) is 9.69 Å². The van der Waals surface area contributed by atoms with Gasteiger partial charge < -0.3 is 9.32 Å². The van der Waals surface area contributed by atoms with E-state index in [-0.39, 0.29) is 23.9 Å². The van der Waals surface area contributed by atoms with E-state index in [9.17, 15) is 9.59 Å². The molecule has 4 rings (SSSR count). The second kappa shape index (κ2) is 9.81. The average Bonchev–Trinajstić information content (AvgIpc) is 3.14. The molecule has 0 unspecified atom stereocenters. The van der Waals surface area contributed by atoms with Crippen molar-refractivity contribution in [3.8, 4) is 0 Å². The van der Waals surface area contributed by atoms with Crippen molar-refractivity contribution in [1.29, 1.82) is 0 Å². The lowest BCUT2D eigenvalue weighted by Crippen LogP contribution is -2.36. The quantitative estimate of drug-likeness (QED) is 0.368. The summed E-state index contributed by atoms with van der Waals surface area (Å²) >= 11 is 1.48. The highest BCUT2D eigenvalue weighted by atomic mass is 35.5. The van der Waals surface area contributed by atoms with Gasteiger partial charge in [0, 0.05) is 11.9 Å². The number of aromatic nitrogens is 1. The lowest BCUT2D eigenvalue weighted by molar-refractivity contribution is 0.0982. The number of carbonyl (C=O) groups is 1. The van der Waals surface area contributed by atoms with Gasteiger partial charge in [-0.05, 0) is 70.2 Å². The van der Waals surface area contributed by atoms with Crippen molar-refractivity contribution >= 4 is 56.0 Å². The van der Waals surface area contributed by atoms with Crippen LogP contribution >= 0.6 is 23.7 Å². The molecule has 0 aliphatic rings. The SMILES string of the molecule is Cc1cc(C)c2sc(N(CCCN(C)C)C(=O)c3cc4ccccc4oc3=O)nc2c1.Cl. The molecular formula is C24H26ClN3O3S. The molecule has 0 atom stereocenters. The highest BCUT2D eigenvalue weighted by Crippen LogP contribution is 2.33. The van der Waals surface area contributed by atoms with Crippen LogP contribution in [0.15, 0.2) is 51.7 Å². The molecule has 6 nitrogen and oxygen atoms in total. The highest BCUT2D eigenvalue weighted by Gasteiger charge is 2.25. The van der Waals surface area contributed by atoms with E-state index in [2.05, 4.69) is 11.0 Å². The Morgan fingerprint density at radius 3 is 2.59 bits per heavy atom. The molecule has 0 N–H and O–H groups in total. The first kappa shape index (κ1) is 23.9. The Hall–Kier alpha value is -2.74. The molecule has 0 fully saturated rings. The van der Waals surface area contributed by atoms with Gasteiger partial charge >= 0.3 is 5.63 Å². The fourth-order valence-corrected chi connectivity index (χ4v) is 4.71. The average molecular weight is 472 g/mol. The molecular weight excluding hydrogens is 446 g/mol. The van der Waals surface area contributed by atoms with Gasteiger partial charge in [0.25, 0.3) is 5.91 Å².